The van der Waals surface area contributed by atoms with E-state index in [1.54, 1.807) is 0 Å². The van der Waals surface area contributed by atoms with Crippen LogP contribution in [0.3, 0.4) is 0 Å². The Balaban J connectivity index is 1.47. The summed E-state index contributed by atoms with van der Waals surface area (Å²) in [5.41, 5.74) is 5.73. The molecule has 0 spiro atoms. The van der Waals surface area contributed by atoms with Crippen molar-refractivity contribution in [3.05, 3.63) is 71.8 Å². The van der Waals surface area contributed by atoms with Crippen LogP contribution in [0.5, 0.6) is 0 Å². The quantitative estimate of drug-likeness (QED) is 0.0573. The number of fused-ring (bicyclic) bond motifs is 1. The average Bonchev–Trinajstić information content (AvgIpc) is 3.26. The summed E-state index contributed by atoms with van der Waals surface area (Å²) < 4.78 is 18.7. The predicted molar refractivity (Wildman–Crippen MR) is 173 cm³/mol. The Labute approximate surface area is 256 Å². The highest BCUT2D eigenvalue weighted by molar-refractivity contribution is 14.1. The molecule has 0 bridgehead atoms. The van der Waals surface area contributed by atoms with Gasteiger partial charge in [0.15, 0.2) is 0 Å². The van der Waals surface area contributed by atoms with Crippen LogP contribution in [0.2, 0.25) is 19.6 Å². The lowest BCUT2D eigenvalue weighted by molar-refractivity contribution is -0.145. The first-order valence-electron chi connectivity index (χ1n) is 14.7. The third kappa shape index (κ3) is 8.21. The predicted octanol–water partition coefficient (Wildman–Crippen LogP) is 7.99. The van der Waals surface area contributed by atoms with Crippen molar-refractivity contribution in [1.29, 1.82) is 0 Å². The highest BCUT2D eigenvalue weighted by Crippen LogP contribution is 2.61. The monoisotopic (exact) mass is 672 g/mol. The first-order chi connectivity index (χ1) is 19.1. The lowest BCUT2D eigenvalue weighted by atomic mass is 9.54. The number of hydrogen-bond acceptors (Lipinski definition) is 4. The molecule has 4 rings (SSSR count). The summed E-state index contributed by atoms with van der Waals surface area (Å²) in [7, 11) is -1.43. The fraction of sp³-hybridized carbons (Fsp3) is 0.559. The Morgan fingerprint density at radius 2 is 1.55 bits per heavy atom. The fourth-order valence-corrected chi connectivity index (χ4v) is 8.73. The van der Waals surface area contributed by atoms with Gasteiger partial charge in [0.2, 0.25) is 0 Å². The lowest BCUT2D eigenvalue weighted by Gasteiger charge is -2.54. The zero-order chi connectivity index (χ0) is 28.6. The van der Waals surface area contributed by atoms with Gasteiger partial charge in [0, 0.05) is 25.0 Å². The molecule has 0 amide bonds. The Morgan fingerprint density at radius 1 is 0.950 bits per heavy atom. The molecule has 2 aromatic carbocycles. The molecule has 0 aromatic heterocycles. The van der Waals surface area contributed by atoms with Crippen LogP contribution < -0.4 is 0 Å². The minimum absolute atomic E-state index is 0.0316. The van der Waals surface area contributed by atoms with Gasteiger partial charge in [-0.3, -0.25) is 4.79 Å². The van der Waals surface area contributed by atoms with Crippen molar-refractivity contribution in [1.82, 2.24) is 0 Å². The van der Waals surface area contributed by atoms with Crippen LogP contribution in [0.25, 0.3) is 0 Å². The maximum Gasteiger partial charge on any atom is 0.306 e. The normalized spacial score (nSPS) is 27.9. The van der Waals surface area contributed by atoms with Crippen molar-refractivity contribution in [3.63, 3.8) is 0 Å². The minimum atomic E-state index is -1.43. The number of alkyl halides is 1. The maximum absolute atomic E-state index is 12.8. The molecule has 0 N–H and O–H groups in total. The van der Waals surface area contributed by atoms with E-state index < -0.39 is 8.07 Å². The minimum Gasteiger partial charge on any atom is -0.461 e. The molecule has 40 heavy (non-hydrogen) atoms. The molecule has 1 aliphatic carbocycles. The number of hydrogen-bond donors (Lipinski definition) is 0. The molecular formula is C34H45IO4Si. The topological polar surface area (TPSA) is 44.8 Å². The van der Waals surface area contributed by atoms with E-state index in [4.69, 9.17) is 14.2 Å². The van der Waals surface area contributed by atoms with Gasteiger partial charge in [-0.05, 0) is 48.1 Å². The van der Waals surface area contributed by atoms with Crippen molar-refractivity contribution in [2.24, 2.45) is 16.7 Å². The van der Waals surface area contributed by atoms with Crippen LogP contribution in [-0.4, -0.2) is 37.3 Å². The van der Waals surface area contributed by atoms with Crippen molar-refractivity contribution >= 4 is 36.6 Å². The van der Waals surface area contributed by atoms with Gasteiger partial charge in [-0.1, -0.05) is 110 Å². The average molecular weight is 673 g/mol. The Bertz CT molecular complexity index is 1160. The van der Waals surface area contributed by atoms with E-state index in [0.29, 0.717) is 38.8 Å². The largest absolute Gasteiger partial charge is 0.461 e. The summed E-state index contributed by atoms with van der Waals surface area (Å²) in [6.07, 6.45) is 5.04. The number of benzene rings is 2. The van der Waals surface area contributed by atoms with Gasteiger partial charge >= 0.3 is 5.97 Å². The van der Waals surface area contributed by atoms with Gasteiger partial charge in [0.05, 0.1) is 23.6 Å². The van der Waals surface area contributed by atoms with Crippen molar-refractivity contribution in [3.8, 4) is 11.5 Å². The van der Waals surface area contributed by atoms with Gasteiger partial charge < -0.3 is 14.2 Å². The van der Waals surface area contributed by atoms with Crippen LogP contribution >= 0.6 is 22.6 Å². The summed E-state index contributed by atoms with van der Waals surface area (Å²) in [4.78, 5) is 12.8. The Morgan fingerprint density at radius 3 is 2.15 bits per heavy atom. The summed E-state index contributed by atoms with van der Waals surface area (Å²) in [6.45, 7) is 11.9. The van der Waals surface area contributed by atoms with Gasteiger partial charge in [0.25, 0.3) is 0 Å². The zero-order valence-corrected chi connectivity index (χ0v) is 27.7. The molecule has 1 heterocycles. The lowest BCUT2D eigenvalue weighted by Crippen LogP contribution is -2.55. The van der Waals surface area contributed by atoms with Crippen molar-refractivity contribution < 1.29 is 19.0 Å². The second-order valence-electron chi connectivity index (χ2n) is 12.9. The molecule has 2 fully saturated rings. The highest BCUT2D eigenvalue weighted by Gasteiger charge is 2.62. The second kappa shape index (κ2) is 14.0. The van der Waals surface area contributed by atoms with Crippen LogP contribution in [-0.2, 0) is 32.2 Å². The van der Waals surface area contributed by atoms with E-state index in [1.165, 1.54) is 11.1 Å². The van der Waals surface area contributed by atoms with E-state index in [9.17, 15) is 4.79 Å². The summed E-state index contributed by atoms with van der Waals surface area (Å²) in [5.74, 6) is 3.83. The first-order valence-corrected chi connectivity index (χ1v) is 19.4. The summed E-state index contributed by atoms with van der Waals surface area (Å²) in [5, 5.41) is 0. The van der Waals surface area contributed by atoms with Crippen molar-refractivity contribution in [2.75, 3.05) is 13.2 Å². The molecule has 2 aliphatic rings. The van der Waals surface area contributed by atoms with E-state index in [2.05, 4.69) is 109 Å². The Kier molecular flexibility index (Phi) is 10.9. The Hall–Kier alpha value is -1.66. The highest BCUT2D eigenvalue weighted by atomic mass is 127. The van der Waals surface area contributed by atoms with Crippen LogP contribution in [0.15, 0.2) is 60.7 Å². The molecule has 1 saturated carbocycles. The summed E-state index contributed by atoms with van der Waals surface area (Å²) >= 11 is 2.59. The number of rotatable bonds is 12. The molecule has 0 unspecified atom stereocenters. The molecule has 216 valence electrons. The third-order valence-electron chi connectivity index (χ3n) is 8.67. The van der Waals surface area contributed by atoms with Gasteiger partial charge in [-0.2, -0.15) is 0 Å². The molecule has 5 atom stereocenters. The van der Waals surface area contributed by atoms with Gasteiger partial charge in [-0.25, -0.2) is 0 Å². The van der Waals surface area contributed by atoms with Gasteiger partial charge in [0.1, 0.15) is 14.2 Å². The van der Waals surface area contributed by atoms with Crippen LogP contribution in [0.1, 0.15) is 56.6 Å². The van der Waals surface area contributed by atoms with E-state index in [0.717, 1.165) is 32.1 Å². The zero-order valence-electron chi connectivity index (χ0n) is 24.6. The maximum atomic E-state index is 12.8. The molecular weight excluding hydrogens is 627 g/mol. The van der Waals surface area contributed by atoms with E-state index in [-0.39, 0.29) is 26.8 Å². The molecule has 1 saturated heterocycles. The molecule has 4 nitrogen and oxygen atoms in total. The molecule has 0 radical (unpaired) electrons. The second-order valence-corrected chi connectivity index (χ2v) is 19.0. The standard InChI is InChI=1S/C34H45IO4Si/c1-33(19-21-38-26-28-15-9-6-10-16-28)29(17-20-37-25-27-13-7-5-8-14-27)23-34(18-11-12-22-40(2,3)4)24-30(36)39-32(34)31(33)35/h5-10,13-16,29,31-32H,11,17-21,23-26H2,1-4H3/t29-,31-,32-,33+,34-/m0/s1. The first kappa shape index (κ1) is 31.3. The smallest absolute Gasteiger partial charge is 0.306 e. The SMILES string of the molecule is C[C@@]1(CCOCc2ccccc2)[C@@H](CCOCc2ccccc2)C[C@@]2(CCC#C[Si](C)(C)C)CC(=O)O[C@H]2[C@@H]1I. The number of ether oxygens (including phenoxy) is 3. The van der Waals surface area contributed by atoms with Crippen LogP contribution in [0, 0.1) is 28.2 Å². The molecule has 6 heteroatoms. The molecule has 2 aromatic rings. The number of halogens is 1. The van der Waals surface area contributed by atoms with Gasteiger partial charge in [-0.15, -0.1) is 11.5 Å². The number of carbonyl (C=O) groups is 1. The third-order valence-corrected chi connectivity index (χ3v) is 11.7. The van der Waals surface area contributed by atoms with E-state index >= 15 is 0 Å². The van der Waals surface area contributed by atoms with Crippen molar-refractivity contribution in [2.45, 2.75) is 88.3 Å². The fourth-order valence-electron chi connectivity index (χ4n) is 6.34. The molecule has 1 aliphatic heterocycles. The summed E-state index contributed by atoms with van der Waals surface area (Å²) in [6, 6.07) is 20.7. The number of carbonyl (C=O) groups excluding carboxylic acids is 1. The number of esters is 1. The van der Waals surface area contributed by atoms with E-state index in [1.807, 2.05) is 12.1 Å². The van der Waals surface area contributed by atoms with Crippen LogP contribution in [0.4, 0.5) is 0 Å².